The third-order valence-electron chi connectivity index (χ3n) is 1.85. The molecule has 5 nitrogen and oxygen atoms in total. The molecule has 0 fully saturated rings. The number of rotatable bonds is 1. The fourth-order valence-corrected chi connectivity index (χ4v) is 2.20. The van der Waals surface area contributed by atoms with Gasteiger partial charge in [-0.05, 0) is 29.6 Å². The molecule has 0 spiro atoms. The fourth-order valence-electron chi connectivity index (χ4n) is 0.909. The lowest BCUT2D eigenvalue weighted by Gasteiger charge is -1.96. The predicted octanol–water partition coefficient (Wildman–Crippen LogP) is 1.86. The van der Waals surface area contributed by atoms with Gasteiger partial charge in [0.25, 0.3) is 0 Å². The molecule has 1 aromatic rings. The van der Waals surface area contributed by atoms with Crippen molar-refractivity contribution >= 4 is 29.5 Å². The first-order chi connectivity index (χ1) is 6.11. The van der Waals surface area contributed by atoms with Gasteiger partial charge in [0.05, 0.1) is 0 Å². The maximum absolute atomic E-state index is 11.5. The van der Waals surface area contributed by atoms with E-state index in [1.807, 2.05) is 14.0 Å². The van der Waals surface area contributed by atoms with Crippen molar-refractivity contribution in [3.8, 4) is 0 Å². The molecular formula is C6H6N4OS2. The molecular weight excluding hydrogens is 208 g/mol. The van der Waals surface area contributed by atoms with E-state index in [-0.39, 0.29) is 5.91 Å². The average molecular weight is 214 g/mol. The van der Waals surface area contributed by atoms with E-state index in [4.69, 9.17) is 12.2 Å². The van der Waals surface area contributed by atoms with Crippen molar-refractivity contribution in [2.75, 3.05) is 0 Å². The minimum absolute atomic E-state index is 0.200. The first-order valence-electron chi connectivity index (χ1n) is 3.53. The second kappa shape index (κ2) is 2.71. The number of nitrogens with zero attached hydrogens (tertiary/aromatic N) is 4. The monoisotopic (exact) mass is 214 g/mol. The summed E-state index contributed by atoms with van der Waals surface area (Å²) < 4.78 is 2.49. The number of carbonyl (C=O) groups is 1. The van der Waals surface area contributed by atoms with Gasteiger partial charge >= 0.3 is 5.91 Å². The van der Waals surface area contributed by atoms with Crippen molar-refractivity contribution in [1.82, 2.24) is 9.69 Å². The summed E-state index contributed by atoms with van der Waals surface area (Å²) in [6.07, 6.45) is 0. The molecule has 1 amide bonds. The Hall–Kier alpha value is -1.08. The zero-order valence-electron chi connectivity index (χ0n) is 7.01. The Labute approximate surface area is 83.3 Å². The molecule has 1 aromatic heterocycles. The van der Waals surface area contributed by atoms with Gasteiger partial charge < -0.3 is 4.57 Å². The van der Waals surface area contributed by atoms with Crippen LogP contribution in [0.25, 0.3) is 0 Å². The third-order valence-corrected chi connectivity index (χ3v) is 3.50. The molecule has 68 valence electrons. The highest BCUT2D eigenvalue weighted by atomic mass is 32.1. The van der Waals surface area contributed by atoms with Gasteiger partial charge in [-0.3, -0.25) is 4.79 Å². The molecule has 1 aliphatic heterocycles. The van der Waals surface area contributed by atoms with Crippen LogP contribution in [-0.2, 0) is 7.05 Å². The Morgan fingerprint density at radius 2 is 2.15 bits per heavy atom. The standard InChI is InChI=1S/C6H6N4OS2/c1-3-4(5(11)10-7-8-10)13-6(12)9(3)2/h1-2H3. The number of aromatic nitrogens is 1. The Kier molecular flexibility index (Phi) is 1.77. The molecule has 13 heavy (non-hydrogen) atoms. The molecule has 0 saturated carbocycles. The number of carbonyl (C=O) groups excluding carboxylic acids is 1. The third kappa shape index (κ3) is 1.29. The highest BCUT2D eigenvalue weighted by Crippen LogP contribution is 2.23. The summed E-state index contributed by atoms with van der Waals surface area (Å²) in [6, 6.07) is 0. The molecule has 0 N–H and O–H groups in total. The van der Waals surface area contributed by atoms with E-state index >= 15 is 0 Å². The van der Waals surface area contributed by atoms with Crippen LogP contribution in [0.4, 0.5) is 0 Å². The van der Waals surface area contributed by atoms with Crippen LogP contribution in [0.2, 0.25) is 0 Å². The lowest BCUT2D eigenvalue weighted by Crippen LogP contribution is -2.10. The molecule has 0 bridgehead atoms. The lowest BCUT2D eigenvalue weighted by molar-refractivity contribution is 0.0860. The van der Waals surface area contributed by atoms with Crippen LogP contribution in [0.1, 0.15) is 15.4 Å². The van der Waals surface area contributed by atoms with Gasteiger partial charge in [-0.15, -0.1) is 0 Å². The maximum atomic E-state index is 11.5. The number of amides is 1. The Morgan fingerprint density at radius 3 is 2.54 bits per heavy atom. The molecule has 7 heteroatoms. The topological polar surface area (TPSA) is 49.7 Å². The van der Waals surface area contributed by atoms with Crippen molar-refractivity contribution in [3.05, 3.63) is 14.5 Å². The van der Waals surface area contributed by atoms with E-state index in [2.05, 4.69) is 10.4 Å². The van der Waals surface area contributed by atoms with Crippen molar-refractivity contribution in [3.63, 3.8) is 0 Å². The van der Waals surface area contributed by atoms with Crippen LogP contribution < -0.4 is 0 Å². The quantitative estimate of drug-likeness (QED) is 0.670. The van der Waals surface area contributed by atoms with Gasteiger partial charge in [0, 0.05) is 12.7 Å². The van der Waals surface area contributed by atoms with E-state index in [9.17, 15) is 4.79 Å². The Morgan fingerprint density at radius 1 is 1.54 bits per heavy atom. The Bertz CT molecular complexity index is 452. The van der Waals surface area contributed by atoms with E-state index in [1.54, 1.807) is 4.57 Å². The van der Waals surface area contributed by atoms with Crippen LogP contribution in [0.15, 0.2) is 10.4 Å². The van der Waals surface area contributed by atoms with Gasteiger partial charge in [-0.25, -0.2) is 0 Å². The molecule has 0 aliphatic carbocycles. The second-order valence-electron chi connectivity index (χ2n) is 2.62. The molecule has 2 heterocycles. The smallest absolute Gasteiger partial charge is 0.310 e. The van der Waals surface area contributed by atoms with Gasteiger partial charge in [0.1, 0.15) is 4.88 Å². The highest BCUT2D eigenvalue weighted by molar-refractivity contribution is 7.73. The van der Waals surface area contributed by atoms with Crippen LogP contribution in [0.3, 0.4) is 0 Å². The predicted molar refractivity (Wildman–Crippen MR) is 49.9 cm³/mol. The summed E-state index contributed by atoms with van der Waals surface area (Å²) in [4.78, 5) is 12.1. The lowest BCUT2D eigenvalue weighted by atomic mass is 10.4. The van der Waals surface area contributed by atoms with E-state index in [0.717, 1.165) is 10.8 Å². The molecule has 0 saturated heterocycles. The summed E-state index contributed by atoms with van der Waals surface area (Å²) in [5.41, 5.74) is 0.859. The summed E-state index contributed by atoms with van der Waals surface area (Å²) in [7, 11) is 1.83. The van der Waals surface area contributed by atoms with Crippen molar-refractivity contribution in [2.24, 2.45) is 17.5 Å². The van der Waals surface area contributed by atoms with Gasteiger partial charge in [0.2, 0.25) is 0 Å². The molecule has 2 rings (SSSR count). The van der Waals surface area contributed by atoms with Gasteiger partial charge in [-0.2, -0.15) is 0 Å². The largest absolute Gasteiger partial charge is 0.330 e. The molecule has 0 aromatic carbocycles. The number of hydrogen-bond donors (Lipinski definition) is 0. The van der Waals surface area contributed by atoms with Crippen LogP contribution >= 0.6 is 23.6 Å². The zero-order chi connectivity index (χ0) is 9.59. The second-order valence-corrected chi connectivity index (χ2v) is 4.26. The van der Waals surface area contributed by atoms with Gasteiger partial charge in [-0.1, -0.05) is 16.5 Å². The minimum atomic E-state index is -0.200. The summed E-state index contributed by atoms with van der Waals surface area (Å²) >= 11 is 6.32. The highest BCUT2D eigenvalue weighted by Gasteiger charge is 2.27. The normalized spacial score (nSPS) is 13.5. The van der Waals surface area contributed by atoms with Crippen molar-refractivity contribution in [2.45, 2.75) is 6.92 Å². The molecule has 0 atom stereocenters. The summed E-state index contributed by atoms with van der Waals surface area (Å²) in [6.45, 7) is 1.85. The minimum Gasteiger partial charge on any atom is -0.330 e. The van der Waals surface area contributed by atoms with Crippen LogP contribution in [0.5, 0.6) is 0 Å². The van der Waals surface area contributed by atoms with Crippen LogP contribution in [-0.4, -0.2) is 15.6 Å². The number of thiazole rings is 1. The Balaban J connectivity index is 2.45. The molecule has 1 aliphatic rings. The van der Waals surface area contributed by atoms with E-state index in [0.29, 0.717) is 8.83 Å². The summed E-state index contributed by atoms with van der Waals surface area (Å²) in [5.74, 6) is -0.200. The van der Waals surface area contributed by atoms with Crippen LogP contribution in [0, 0.1) is 10.9 Å². The summed E-state index contributed by atoms with van der Waals surface area (Å²) in [5, 5.41) is 7.92. The fraction of sp³-hybridized carbons (Fsp3) is 0.333. The molecule has 0 radical (unpaired) electrons. The SMILES string of the molecule is Cc1c(C(=O)N2N=N2)sc(=S)n1C. The first-order valence-corrected chi connectivity index (χ1v) is 4.76. The molecule has 0 unspecified atom stereocenters. The average Bonchev–Trinajstić information content (AvgIpc) is 2.89. The maximum Gasteiger partial charge on any atom is 0.310 e. The van der Waals surface area contributed by atoms with Gasteiger partial charge in [0.15, 0.2) is 3.95 Å². The van der Waals surface area contributed by atoms with Crippen molar-refractivity contribution in [1.29, 1.82) is 0 Å². The van der Waals surface area contributed by atoms with E-state index < -0.39 is 0 Å². The van der Waals surface area contributed by atoms with Crippen molar-refractivity contribution < 1.29 is 4.79 Å². The zero-order valence-corrected chi connectivity index (χ0v) is 8.65. The number of hydrogen-bond acceptors (Lipinski definition) is 5. The van der Waals surface area contributed by atoms with E-state index in [1.165, 1.54) is 11.3 Å². The first kappa shape index (κ1) is 8.52.